The highest BCUT2D eigenvalue weighted by Crippen LogP contribution is 2.25. The van der Waals surface area contributed by atoms with E-state index in [1.807, 2.05) is 0 Å². The lowest BCUT2D eigenvalue weighted by Gasteiger charge is -2.15. The van der Waals surface area contributed by atoms with E-state index in [2.05, 4.69) is 0 Å². The average Bonchev–Trinajstić information content (AvgIpc) is 3.33. The lowest BCUT2D eigenvalue weighted by atomic mass is 10.1. The highest BCUT2D eigenvalue weighted by atomic mass is 16.5. The summed E-state index contributed by atoms with van der Waals surface area (Å²) in [5.74, 6) is -0.439. The summed E-state index contributed by atoms with van der Waals surface area (Å²) in [5.41, 5.74) is 1.98. The summed E-state index contributed by atoms with van der Waals surface area (Å²) < 4.78 is 11.5. The molecule has 0 fully saturated rings. The SMILES string of the molecule is O=Cc1cc(OCCCN2C(=O)c3ccccc3C2=O)cc(OCCCN2C(=O)c3ccccc3C2=O)c1. The smallest absolute Gasteiger partial charge is 0.261 e. The molecule has 2 heterocycles. The molecule has 0 N–H and O–H groups in total. The second-order valence-corrected chi connectivity index (χ2v) is 8.87. The number of nitrogens with zero attached hydrogens (tertiary/aromatic N) is 2. The Hall–Kier alpha value is -4.79. The van der Waals surface area contributed by atoms with Gasteiger partial charge in [-0.25, -0.2) is 0 Å². The van der Waals surface area contributed by atoms with Crippen LogP contribution in [0.3, 0.4) is 0 Å². The van der Waals surface area contributed by atoms with Gasteiger partial charge in [0.2, 0.25) is 0 Å². The van der Waals surface area contributed by atoms with Crippen LogP contribution in [0.5, 0.6) is 11.5 Å². The molecule has 0 bridgehead atoms. The normalized spacial score (nSPS) is 14.1. The first-order valence-electron chi connectivity index (χ1n) is 12.2. The Morgan fingerprint density at radius 1 is 0.579 bits per heavy atom. The van der Waals surface area contributed by atoms with Crippen LogP contribution in [-0.2, 0) is 0 Å². The van der Waals surface area contributed by atoms with E-state index in [1.165, 1.54) is 9.80 Å². The molecule has 2 aliphatic heterocycles. The molecule has 3 aromatic carbocycles. The van der Waals surface area contributed by atoms with Gasteiger partial charge in [0.05, 0.1) is 35.5 Å². The Kier molecular flexibility index (Phi) is 6.99. The van der Waals surface area contributed by atoms with Crippen molar-refractivity contribution in [1.29, 1.82) is 0 Å². The zero-order valence-corrected chi connectivity index (χ0v) is 20.4. The molecule has 0 atom stereocenters. The number of carbonyl (C=O) groups excluding carboxylic acids is 5. The molecular weight excluding hydrogens is 488 g/mol. The molecule has 3 aromatic rings. The molecule has 0 radical (unpaired) electrons. The molecular formula is C29H24N2O7. The molecule has 0 saturated carbocycles. The van der Waals surface area contributed by atoms with Crippen molar-refractivity contribution in [1.82, 2.24) is 9.80 Å². The zero-order chi connectivity index (χ0) is 26.6. The van der Waals surface area contributed by atoms with Gasteiger partial charge in [0, 0.05) is 24.7 Å². The molecule has 5 rings (SSSR count). The minimum atomic E-state index is -0.314. The van der Waals surface area contributed by atoms with Gasteiger partial charge in [-0.2, -0.15) is 0 Å². The average molecular weight is 513 g/mol. The lowest BCUT2D eigenvalue weighted by Crippen LogP contribution is -2.31. The molecule has 4 amide bonds. The summed E-state index contributed by atoms with van der Waals surface area (Å²) in [5, 5.41) is 0. The molecule has 38 heavy (non-hydrogen) atoms. The molecule has 0 saturated heterocycles. The first kappa shape index (κ1) is 24.9. The topological polar surface area (TPSA) is 110 Å². The quantitative estimate of drug-likeness (QED) is 0.219. The van der Waals surface area contributed by atoms with Gasteiger partial charge >= 0.3 is 0 Å². The number of carbonyl (C=O) groups is 5. The number of fused-ring (bicyclic) bond motifs is 2. The predicted molar refractivity (Wildman–Crippen MR) is 136 cm³/mol. The number of amides is 4. The Morgan fingerprint density at radius 2 is 0.947 bits per heavy atom. The second kappa shape index (κ2) is 10.7. The Bertz CT molecular complexity index is 1280. The second-order valence-electron chi connectivity index (χ2n) is 8.87. The molecule has 0 aliphatic carbocycles. The maximum Gasteiger partial charge on any atom is 0.261 e. The van der Waals surface area contributed by atoms with Crippen molar-refractivity contribution in [3.8, 4) is 11.5 Å². The van der Waals surface area contributed by atoms with Crippen molar-refractivity contribution in [2.24, 2.45) is 0 Å². The largest absolute Gasteiger partial charge is 0.493 e. The Morgan fingerprint density at radius 3 is 1.29 bits per heavy atom. The highest BCUT2D eigenvalue weighted by molar-refractivity contribution is 6.22. The van der Waals surface area contributed by atoms with Crippen molar-refractivity contribution < 1.29 is 33.4 Å². The molecule has 0 spiro atoms. The maximum absolute atomic E-state index is 12.5. The van der Waals surface area contributed by atoms with Gasteiger partial charge in [0.25, 0.3) is 23.6 Å². The summed E-state index contributed by atoms with van der Waals surface area (Å²) >= 11 is 0. The predicted octanol–water partition coefficient (Wildman–Crippen LogP) is 3.63. The fourth-order valence-corrected chi connectivity index (χ4v) is 4.54. The minimum Gasteiger partial charge on any atom is -0.493 e. The standard InChI is InChI=1S/C29H24N2O7/c32-18-19-15-20(37-13-5-11-30-26(33)22-7-1-2-8-23(22)27(30)34)17-21(16-19)38-14-6-12-31-28(35)24-9-3-4-10-25(24)29(31)36/h1-4,7-10,15-18H,5-6,11-14H2. The van der Waals surface area contributed by atoms with Crippen LogP contribution in [0.2, 0.25) is 0 Å². The van der Waals surface area contributed by atoms with Crippen LogP contribution in [0.4, 0.5) is 0 Å². The third-order valence-electron chi connectivity index (χ3n) is 6.38. The van der Waals surface area contributed by atoms with Crippen LogP contribution in [0.25, 0.3) is 0 Å². The molecule has 2 aliphatic rings. The maximum atomic E-state index is 12.5. The van der Waals surface area contributed by atoms with Gasteiger partial charge in [0.15, 0.2) is 0 Å². The van der Waals surface area contributed by atoms with E-state index in [0.717, 1.165) is 0 Å². The molecule has 0 unspecified atom stereocenters. The van der Waals surface area contributed by atoms with Crippen LogP contribution < -0.4 is 9.47 Å². The first-order valence-corrected chi connectivity index (χ1v) is 12.2. The van der Waals surface area contributed by atoms with Crippen LogP contribution >= 0.6 is 0 Å². The molecule has 9 nitrogen and oxygen atoms in total. The number of aldehydes is 1. The van der Waals surface area contributed by atoms with E-state index in [1.54, 1.807) is 66.7 Å². The zero-order valence-electron chi connectivity index (χ0n) is 20.4. The Labute approximate surface area is 218 Å². The minimum absolute atomic E-state index is 0.209. The summed E-state index contributed by atoms with van der Waals surface area (Å²) in [4.78, 5) is 63.7. The Balaban J connectivity index is 1.11. The van der Waals surface area contributed by atoms with Gasteiger partial charge in [-0.05, 0) is 49.2 Å². The summed E-state index contributed by atoms with van der Waals surface area (Å²) in [6.07, 6.45) is 1.50. The van der Waals surface area contributed by atoms with Gasteiger partial charge in [0.1, 0.15) is 17.8 Å². The number of hydrogen-bond donors (Lipinski definition) is 0. The van der Waals surface area contributed by atoms with Gasteiger partial charge < -0.3 is 9.47 Å². The summed E-state index contributed by atoms with van der Waals surface area (Å²) in [7, 11) is 0. The van der Waals surface area contributed by atoms with Crippen molar-refractivity contribution >= 4 is 29.9 Å². The van der Waals surface area contributed by atoms with Gasteiger partial charge in [-0.15, -0.1) is 0 Å². The first-order chi connectivity index (χ1) is 18.5. The van der Waals surface area contributed by atoms with E-state index in [-0.39, 0.29) is 49.9 Å². The van der Waals surface area contributed by atoms with E-state index in [0.29, 0.717) is 58.4 Å². The van der Waals surface area contributed by atoms with Crippen molar-refractivity contribution in [2.75, 3.05) is 26.3 Å². The van der Waals surface area contributed by atoms with Crippen molar-refractivity contribution in [3.05, 3.63) is 94.5 Å². The van der Waals surface area contributed by atoms with Crippen molar-refractivity contribution in [2.45, 2.75) is 12.8 Å². The molecule has 9 heteroatoms. The van der Waals surface area contributed by atoms with Crippen LogP contribution in [0.1, 0.15) is 64.6 Å². The summed E-state index contributed by atoms with van der Waals surface area (Å²) in [6, 6.07) is 18.2. The third-order valence-corrected chi connectivity index (χ3v) is 6.38. The van der Waals surface area contributed by atoms with Gasteiger partial charge in [-0.3, -0.25) is 33.8 Å². The van der Waals surface area contributed by atoms with E-state index in [4.69, 9.17) is 9.47 Å². The lowest BCUT2D eigenvalue weighted by molar-refractivity contribution is 0.0631. The third kappa shape index (κ3) is 4.78. The summed E-state index contributed by atoms with van der Waals surface area (Å²) in [6.45, 7) is 0.853. The fourth-order valence-electron chi connectivity index (χ4n) is 4.54. The number of ether oxygens (including phenoxy) is 2. The number of benzene rings is 3. The number of rotatable bonds is 11. The molecule has 0 aromatic heterocycles. The van der Waals surface area contributed by atoms with Crippen LogP contribution in [-0.4, -0.2) is 66.0 Å². The highest BCUT2D eigenvalue weighted by Gasteiger charge is 2.35. The van der Waals surface area contributed by atoms with E-state index < -0.39 is 0 Å². The number of imide groups is 2. The fraction of sp³-hybridized carbons (Fsp3) is 0.207. The number of hydrogen-bond acceptors (Lipinski definition) is 7. The van der Waals surface area contributed by atoms with Crippen molar-refractivity contribution in [3.63, 3.8) is 0 Å². The monoisotopic (exact) mass is 512 g/mol. The van der Waals surface area contributed by atoms with E-state index >= 15 is 0 Å². The van der Waals surface area contributed by atoms with Crippen LogP contribution in [0.15, 0.2) is 66.7 Å². The van der Waals surface area contributed by atoms with E-state index in [9.17, 15) is 24.0 Å². The van der Waals surface area contributed by atoms with Gasteiger partial charge in [-0.1, -0.05) is 24.3 Å². The van der Waals surface area contributed by atoms with Crippen LogP contribution in [0, 0.1) is 0 Å². The molecule has 192 valence electrons.